The van der Waals surface area contributed by atoms with E-state index < -0.39 is 25.8 Å². The number of piperidine rings is 1. The van der Waals surface area contributed by atoms with Crippen LogP contribution in [-0.4, -0.2) is 53.0 Å². The van der Waals surface area contributed by atoms with E-state index in [4.69, 9.17) is 4.74 Å². The largest absolute Gasteiger partial charge is 0.497 e. The number of sulfonamides is 1. The van der Waals surface area contributed by atoms with E-state index in [-0.39, 0.29) is 40.2 Å². The molecular formula is C21H26N2O6S2. The van der Waals surface area contributed by atoms with Gasteiger partial charge >= 0.3 is 0 Å². The Kier molecular flexibility index (Phi) is 7.03. The maximum absolute atomic E-state index is 12.9. The molecule has 0 aromatic heterocycles. The van der Waals surface area contributed by atoms with Gasteiger partial charge in [-0.2, -0.15) is 4.31 Å². The number of ether oxygens (including phenoxy) is 1. The molecule has 0 saturated carbocycles. The SMILES string of the molecule is CCS(=O)(=O)c1ccccc1NC(=O)C1CCN(S(=O)(=O)c2ccc(OC)cc2)CC1. The Hall–Kier alpha value is -2.43. The van der Waals surface area contributed by atoms with Crippen LogP contribution in [0.15, 0.2) is 58.3 Å². The molecule has 1 fully saturated rings. The van der Waals surface area contributed by atoms with Gasteiger partial charge < -0.3 is 10.1 Å². The van der Waals surface area contributed by atoms with Crippen molar-refractivity contribution in [1.82, 2.24) is 4.31 Å². The Labute approximate surface area is 183 Å². The molecule has 3 rings (SSSR count). The summed E-state index contributed by atoms with van der Waals surface area (Å²) in [6, 6.07) is 12.5. The van der Waals surface area contributed by atoms with Crippen LogP contribution in [0.1, 0.15) is 19.8 Å². The van der Waals surface area contributed by atoms with Crippen LogP contribution >= 0.6 is 0 Å². The van der Waals surface area contributed by atoms with Crippen molar-refractivity contribution in [2.75, 3.05) is 31.3 Å². The van der Waals surface area contributed by atoms with Crippen molar-refractivity contribution in [1.29, 1.82) is 0 Å². The molecule has 1 amide bonds. The van der Waals surface area contributed by atoms with Crippen LogP contribution in [0.3, 0.4) is 0 Å². The molecule has 0 aliphatic carbocycles. The van der Waals surface area contributed by atoms with Crippen molar-refractivity contribution >= 4 is 31.5 Å². The molecular weight excluding hydrogens is 440 g/mol. The molecule has 1 heterocycles. The lowest BCUT2D eigenvalue weighted by atomic mass is 9.97. The second-order valence-corrected chi connectivity index (χ2v) is 11.4. The number of nitrogens with zero attached hydrogens (tertiary/aromatic N) is 1. The van der Waals surface area contributed by atoms with Gasteiger partial charge in [-0.1, -0.05) is 19.1 Å². The topological polar surface area (TPSA) is 110 Å². The first kappa shape index (κ1) is 23.2. The first-order valence-electron chi connectivity index (χ1n) is 9.96. The number of hydrogen-bond acceptors (Lipinski definition) is 6. The standard InChI is InChI=1S/C21H26N2O6S2/c1-3-30(25,26)20-7-5-4-6-19(20)22-21(24)16-12-14-23(15-13-16)31(27,28)18-10-8-17(29-2)9-11-18/h4-11,16H,3,12-15H2,1-2H3,(H,22,24). The lowest BCUT2D eigenvalue weighted by molar-refractivity contribution is -0.120. The fraction of sp³-hybridized carbons (Fsp3) is 0.381. The van der Waals surface area contributed by atoms with Gasteiger partial charge in [-0.15, -0.1) is 0 Å². The van der Waals surface area contributed by atoms with E-state index in [9.17, 15) is 21.6 Å². The number of carbonyl (C=O) groups is 1. The highest BCUT2D eigenvalue weighted by Gasteiger charge is 2.32. The number of amides is 1. The van der Waals surface area contributed by atoms with E-state index in [1.807, 2.05) is 0 Å². The van der Waals surface area contributed by atoms with E-state index in [0.717, 1.165) is 0 Å². The molecule has 0 atom stereocenters. The molecule has 2 aromatic carbocycles. The summed E-state index contributed by atoms with van der Waals surface area (Å²) in [5, 5.41) is 2.72. The summed E-state index contributed by atoms with van der Waals surface area (Å²) in [5.74, 6) is -0.207. The highest BCUT2D eigenvalue weighted by Crippen LogP contribution is 2.27. The Morgan fingerprint density at radius 2 is 1.65 bits per heavy atom. The van der Waals surface area contributed by atoms with Crippen molar-refractivity contribution in [2.24, 2.45) is 5.92 Å². The Balaban J connectivity index is 1.67. The molecule has 10 heteroatoms. The number of anilines is 1. The van der Waals surface area contributed by atoms with Crippen LogP contribution in [0, 0.1) is 5.92 Å². The number of para-hydroxylation sites is 1. The van der Waals surface area contributed by atoms with Gasteiger partial charge in [0.15, 0.2) is 9.84 Å². The number of carbonyl (C=O) groups excluding carboxylic acids is 1. The predicted octanol–water partition coefficient (Wildman–Crippen LogP) is 2.53. The van der Waals surface area contributed by atoms with E-state index >= 15 is 0 Å². The highest BCUT2D eigenvalue weighted by molar-refractivity contribution is 7.91. The lowest BCUT2D eigenvalue weighted by Crippen LogP contribution is -2.41. The minimum Gasteiger partial charge on any atom is -0.497 e. The van der Waals surface area contributed by atoms with Gasteiger partial charge in [-0.3, -0.25) is 4.79 Å². The first-order valence-corrected chi connectivity index (χ1v) is 13.0. The average molecular weight is 467 g/mol. The second-order valence-electron chi connectivity index (χ2n) is 7.24. The zero-order valence-electron chi connectivity index (χ0n) is 17.4. The molecule has 1 saturated heterocycles. The number of benzene rings is 2. The number of rotatable bonds is 7. The second kappa shape index (κ2) is 9.37. The molecule has 0 unspecified atom stereocenters. The van der Waals surface area contributed by atoms with Crippen molar-refractivity contribution in [3.63, 3.8) is 0 Å². The van der Waals surface area contributed by atoms with Gasteiger partial charge in [0.05, 0.1) is 28.3 Å². The zero-order chi connectivity index (χ0) is 22.6. The van der Waals surface area contributed by atoms with Crippen molar-refractivity contribution < 1.29 is 26.4 Å². The quantitative estimate of drug-likeness (QED) is 0.672. The number of nitrogens with one attached hydrogen (secondary N) is 1. The number of hydrogen-bond donors (Lipinski definition) is 1. The Morgan fingerprint density at radius 3 is 2.23 bits per heavy atom. The number of methoxy groups -OCH3 is 1. The van der Waals surface area contributed by atoms with Crippen molar-refractivity contribution in [3.8, 4) is 5.75 Å². The summed E-state index contributed by atoms with van der Waals surface area (Å²) >= 11 is 0. The fourth-order valence-corrected chi connectivity index (χ4v) is 6.01. The van der Waals surface area contributed by atoms with Crippen LogP contribution in [-0.2, 0) is 24.7 Å². The minimum atomic E-state index is -3.66. The monoisotopic (exact) mass is 466 g/mol. The van der Waals surface area contributed by atoms with E-state index in [2.05, 4.69) is 5.32 Å². The molecule has 0 spiro atoms. The third kappa shape index (κ3) is 5.08. The molecule has 168 valence electrons. The van der Waals surface area contributed by atoms with Gasteiger partial charge in [0.1, 0.15) is 5.75 Å². The Morgan fingerprint density at radius 1 is 1.03 bits per heavy atom. The molecule has 0 radical (unpaired) electrons. The minimum absolute atomic E-state index is 0.0680. The smallest absolute Gasteiger partial charge is 0.243 e. The van der Waals surface area contributed by atoms with Crippen LogP contribution in [0.2, 0.25) is 0 Å². The van der Waals surface area contributed by atoms with Gasteiger partial charge in [0.2, 0.25) is 15.9 Å². The van der Waals surface area contributed by atoms with Crippen LogP contribution in [0.25, 0.3) is 0 Å². The maximum Gasteiger partial charge on any atom is 0.243 e. The van der Waals surface area contributed by atoms with E-state index in [1.165, 1.54) is 29.6 Å². The molecule has 0 bridgehead atoms. The molecule has 8 nitrogen and oxygen atoms in total. The number of sulfone groups is 1. The summed E-state index contributed by atoms with van der Waals surface area (Å²) in [7, 11) is -5.63. The van der Waals surface area contributed by atoms with E-state index in [0.29, 0.717) is 18.6 Å². The first-order chi connectivity index (χ1) is 14.7. The zero-order valence-corrected chi connectivity index (χ0v) is 19.1. The molecule has 1 aliphatic heterocycles. The molecule has 2 aromatic rings. The van der Waals surface area contributed by atoms with Crippen molar-refractivity contribution in [2.45, 2.75) is 29.6 Å². The van der Waals surface area contributed by atoms with Crippen molar-refractivity contribution in [3.05, 3.63) is 48.5 Å². The fourth-order valence-electron chi connectivity index (χ4n) is 3.49. The summed E-state index contributed by atoms with van der Waals surface area (Å²) in [5.41, 5.74) is 0.252. The van der Waals surface area contributed by atoms with Crippen LogP contribution in [0.5, 0.6) is 5.75 Å². The normalized spacial score (nSPS) is 16.1. The summed E-state index contributed by atoms with van der Waals surface area (Å²) in [6.07, 6.45) is 0.702. The van der Waals surface area contributed by atoms with Gasteiger partial charge in [-0.25, -0.2) is 16.8 Å². The summed E-state index contributed by atoms with van der Waals surface area (Å²) in [4.78, 5) is 13.0. The average Bonchev–Trinajstić information content (AvgIpc) is 2.79. The lowest BCUT2D eigenvalue weighted by Gasteiger charge is -2.30. The Bertz CT molecular complexity index is 1140. The molecule has 31 heavy (non-hydrogen) atoms. The van der Waals surface area contributed by atoms with Gasteiger partial charge in [-0.05, 0) is 49.2 Å². The maximum atomic E-state index is 12.9. The third-order valence-electron chi connectivity index (χ3n) is 5.38. The predicted molar refractivity (Wildman–Crippen MR) is 117 cm³/mol. The third-order valence-corrected chi connectivity index (χ3v) is 9.08. The van der Waals surface area contributed by atoms with Crippen LogP contribution in [0.4, 0.5) is 5.69 Å². The van der Waals surface area contributed by atoms with E-state index in [1.54, 1.807) is 37.3 Å². The molecule has 1 aliphatic rings. The molecule has 1 N–H and O–H groups in total. The summed E-state index contributed by atoms with van der Waals surface area (Å²) in [6.45, 7) is 1.97. The summed E-state index contributed by atoms with van der Waals surface area (Å²) < 4.78 is 56.7. The van der Waals surface area contributed by atoms with Gasteiger partial charge in [0.25, 0.3) is 0 Å². The highest BCUT2D eigenvalue weighted by atomic mass is 32.2. The van der Waals surface area contributed by atoms with Gasteiger partial charge in [0, 0.05) is 19.0 Å². The van der Waals surface area contributed by atoms with Crippen LogP contribution < -0.4 is 10.1 Å².